The third kappa shape index (κ3) is 5.00. The lowest BCUT2D eigenvalue weighted by Gasteiger charge is -2.31. The first-order chi connectivity index (χ1) is 14.7. The highest BCUT2D eigenvalue weighted by Crippen LogP contribution is 2.23. The van der Waals surface area contributed by atoms with Crippen LogP contribution in [0.5, 0.6) is 0 Å². The first-order valence-electron chi connectivity index (χ1n) is 10.3. The summed E-state index contributed by atoms with van der Waals surface area (Å²) < 4.78 is 0. The number of piperidine rings is 1. The summed E-state index contributed by atoms with van der Waals surface area (Å²) in [6, 6.07) is 22.4. The van der Waals surface area contributed by atoms with Crippen LogP contribution in [0.25, 0.3) is 11.3 Å². The van der Waals surface area contributed by atoms with Gasteiger partial charge in [0, 0.05) is 36.0 Å². The van der Waals surface area contributed by atoms with Gasteiger partial charge in [-0.2, -0.15) is 0 Å². The second kappa shape index (κ2) is 9.76. The van der Waals surface area contributed by atoms with Crippen molar-refractivity contribution in [2.24, 2.45) is 5.92 Å². The Morgan fingerprint density at radius 3 is 2.37 bits per heavy atom. The lowest BCUT2D eigenvalue weighted by molar-refractivity contribution is -0.125. The molecule has 1 amide bonds. The molecule has 0 bridgehead atoms. The van der Waals surface area contributed by atoms with Crippen molar-refractivity contribution in [3.05, 3.63) is 72.3 Å². The molecule has 2 aromatic carbocycles. The largest absolute Gasteiger partial charge is 0.355 e. The fourth-order valence-corrected chi connectivity index (χ4v) is 4.11. The zero-order valence-corrected chi connectivity index (χ0v) is 17.9. The Morgan fingerprint density at radius 2 is 1.73 bits per heavy atom. The summed E-state index contributed by atoms with van der Waals surface area (Å²) in [7, 11) is 0. The Labute approximate surface area is 181 Å². The summed E-state index contributed by atoms with van der Waals surface area (Å²) in [5.41, 5.74) is 3.07. The van der Waals surface area contributed by atoms with E-state index in [0.29, 0.717) is 6.54 Å². The van der Waals surface area contributed by atoms with Crippen LogP contribution in [-0.4, -0.2) is 35.4 Å². The molecule has 1 fully saturated rings. The van der Waals surface area contributed by atoms with Crippen LogP contribution in [-0.2, 0) is 11.3 Å². The van der Waals surface area contributed by atoms with Crippen LogP contribution in [0.3, 0.4) is 0 Å². The first kappa shape index (κ1) is 20.4. The number of aromatic nitrogens is 2. The van der Waals surface area contributed by atoms with Gasteiger partial charge in [-0.25, -0.2) is 0 Å². The van der Waals surface area contributed by atoms with Crippen molar-refractivity contribution in [1.29, 1.82) is 0 Å². The number of carbonyl (C=O) groups is 1. The van der Waals surface area contributed by atoms with Crippen LogP contribution in [0.4, 0.5) is 5.82 Å². The maximum Gasteiger partial charge on any atom is 0.223 e. The minimum absolute atomic E-state index is 0.0586. The van der Waals surface area contributed by atoms with Crippen LogP contribution in [0.2, 0.25) is 0 Å². The van der Waals surface area contributed by atoms with Gasteiger partial charge in [0.1, 0.15) is 0 Å². The second-order valence-corrected chi connectivity index (χ2v) is 8.35. The maximum atomic E-state index is 12.6. The molecule has 0 unspecified atom stereocenters. The van der Waals surface area contributed by atoms with Crippen LogP contribution < -0.4 is 10.2 Å². The minimum atomic E-state index is 0.0586. The monoisotopic (exact) mass is 418 g/mol. The van der Waals surface area contributed by atoms with Crippen molar-refractivity contribution in [2.75, 3.05) is 24.2 Å². The highest BCUT2D eigenvalue weighted by molar-refractivity contribution is 7.98. The molecule has 1 aliphatic heterocycles. The van der Waals surface area contributed by atoms with Crippen LogP contribution in [0, 0.1) is 5.92 Å². The smallest absolute Gasteiger partial charge is 0.223 e. The van der Waals surface area contributed by atoms with Crippen LogP contribution >= 0.6 is 11.8 Å². The number of hydrogen-bond acceptors (Lipinski definition) is 5. The molecule has 30 heavy (non-hydrogen) atoms. The Bertz CT molecular complexity index is 953. The molecule has 5 nitrogen and oxygen atoms in total. The number of anilines is 1. The van der Waals surface area contributed by atoms with Crippen molar-refractivity contribution < 1.29 is 4.79 Å². The lowest BCUT2D eigenvalue weighted by Crippen LogP contribution is -2.40. The molecule has 0 saturated carbocycles. The number of rotatable bonds is 6. The average molecular weight is 419 g/mol. The van der Waals surface area contributed by atoms with Crippen molar-refractivity contribution in [1.82, 2.24) is 15.5 Å². The third-order valence-electron chi connectivity index (χ3n) is 5.54. The van der Waals surface area contributed by atoms with E-state index in [9.17, 15) is 4.79 Å². The van der Waals surface area contributed by atoms with Crippen molar-refractivity contribution in [3.63, 3.8) is 0 Å². The van der Waals surface area contributed by atoms with Crippen LogP contribution in [0.15, 0.2) is 71.6 Å². The molecule has 0 spiro atoms. The van der Waals surface area contributed by atoms with E-state index in [2.05, 4.69) is 50.9 Å². The maximum absolute atomic E-state index is 12.6. The Hall–Kier alpha value is -2.86. The molecule has 1 saturated heterocycles. The fourth-order valence-electron chi connectivity index (χ4n) is 3.70. The molecule has 1 aromatic heterocycles. The molecule has 154 valence electrons. The number of benzene rings is 2. The number of carbonyl (C=O) groups excluding carboxylic acids is 1. The van der Waals surface area contributed by atoms with Crippen molar-refractivity contribution in [3.8, 4) is 11.3 Å². The van der Waals surface area contributed by atoms with Gasteiger partial charge in [0.25, 0.3) is 0 Å². The Kier molecular flexibility index (Phi) is 6.64. The SMILES string of the molecule is CSc1ccc(CNC(=O)C2CCN(c3ccc(-c4ccccc4)nn3)CC2)cc1. The van der Waals surface area contributed by atoms with Gasteiger partial charge in [-0.05, 0) is 48.9 Å². The summed E-state index contributed by atoms with van der Waals surface area (Å²) in [5.74, 6) is 1.08. The van der Waals surface area contributed by atoms with E-state index < -0.39 is 0 Å². The highest BCUT2D eigenvalue weighted by Gasteiger charge is 2.25. The molecule has 0 radical (unpaired) electrons. The molecule has 6 heteroatoms. The summed E-state index contributed by atoms with van der Waals surface area (Å²) >= 11 is 1.72. The lowest BCUT2D eigenvalue weighted by atomic mass is 9.96. The number of amides is 1. The van der Waals surface area contributed by atoms with E-state index in [-0.39, 0.29) is 11.8 Å². The molecule has 0 aliphatic carbocycles. The van der Waals surface area contributed by atoms with Crippen molar-refractivity contribution >= 4 is 23.5 Å². The average Bonchev–Trinajstić information content (AvgIpc) is 2.83. The predicted octanol–water partition coefficient (Wildman–Crippen LogP) is 4.40. The zero-order chi connectivity index (χ0) is 20.8. The van der Waals surface area contributed by atoms with Crippen LogP contribution in [0.1, 0.15) is 18.4 Å². The van der Waals surface area contributed by atoms with Gasteiger partial charge in [-0.1, -0.05) is 42.5 Å². The van der Waals surface area contributed by atoms with Gasteiger partial charge >= 0.3 is 0 Å². The van der Waals surface area contributed by atoms with Crippen molar-refractivity contribution in [2.45, 2.75) is 24.3 Å². The van der Waals surface area contributed by atoms with Gasteiger partial charge in [0.15, 0.2) is 5.82 Å². The van der Waals surface area contributed by atoms with Gasteiger partial charge < -0.3 is 10.2 Å². The summed E-state index contributed by atoms with van der Waals surface area (Å²) in [6.45, 7) is 2.22. The number of thioether (sulfide) groups is 1. The molecule has 0 atom stereocenters. The molecule has 1 aliphatic rings. The number of hydrogen-bond donors (Lipinski definition) is 1. The summed E-state index contributed by atoms with van der Waals surface area (Å²) in [4.78, 5) is 16.0. The van der Waals surface area contributed by atoms with E-state index in [0.717, 1.165) is 48.6 Å². The van der Waals surface area contributed by atoms with E-state index in [1.807, 2.05) is 42.5 Å². The highest BCUT2D eigenvalue weighted by atomic mass is 32.2. The number of nitrogens with one attached hydrogen (secondary N) is 1. The van der Waals surface area contributed by atoms with E-state index >= 15 is 0 Å². The third-order valence-corrected chi connectivity index (χ3v) is 6.28. The fraction of sp³-hybridized carbons (Fsp3) is 0.292. The molecule has 4 rings (SSSR count). The molecule has 3 aromatic rings. The minimum Gasteiger partial charge on any atom is -0.355 e. The Morgan fingerprint density at radius 1 is 1.00 bits per heavy atom. The standard InChI is InChI=1S/C24H26N4OS/c1-30-21-9-7-18(8-10-21)17-25-24(29)20-13-15-28(16-14-20)23-12-11-22(26-27-23)19-5-3-2-4-6-19/h2-12,20H,13-17H2,1H3,(H,25,29). The van der Waals surface area contributed by atoms with E-state index in [4.69, 9.17) is 0 Å². The molecule has 2 heterocycles. The topological polar surface area (TPSA) is 58.1 Å². The molecular weight excluding hydrogens is 392 g/mol. The predicted molar refractivity (Wildman–Crippen MR) is 122 cm³/mol. The molecule has 1 N–H and O–H groups in total. The first-order valence-corrected chi connectivity index (χ1v) is 11.5. The Balaban J connectivity index is 1.27. The quantitative estimate of drug-likeness (QED) is 0.602. The normalized spacial score (nSPS) is 14.5. The van der Waals surface area contributed by atoms with Gasteiger partial charge in [-0.15, -0.1) is 22.0 Å². The second-order valence-electron chi connectivity index (χ2n) is 7.47. The van der Waals surface area contributed by atoms with Gasteiger partial charge in [0.05, 0.1) is 5.69 Å². The van der Waals surface area contributed by atoms with E-state index in [1.165, 1.54) is 4.90 Å². The summed E-state index contributed by atoms with van der Waals surface area (Å²) in [6.07, 6.45) is 3.73. The summed E-state index contributed by atoms with van der Waals surface area (Å²) in [5, 5.41) is 11.9. The molecular formula is C24H26N4OS. The zero-order valence-electron chi connectivity index (χ0n) is 17.1. The van der Waals surface area contributed by atoms with Gasteiger partial charge in [-0.3, -0.25) is 4.79 Å². The number of nitrogens with zero attached hydrogens (tertiary/aromatic N) is 3. The van der Waals surface area contributed by atoms with Gasteiger partial charge in [0.2, 0.25) is 5.91 Å². The van der Waals surface area contributed by atoms with E-state index in [1.54, 1.807) is 11.8 Å².